The molecule has 94 valence electrons. The van der Waals surface area contributed by atoms with E-state index in [1.165, 1.54) is 0 Å². The average Bonchev–Trinajstić information content (AvgIpc) is 2.41. The molecule has 0 amide bonds. The highest BCUT2D eigenvalue weighted by Gasteiger charge is 2.58. The Morgan fingerprint density at radius 2 is 2.00 bits per heavy atom. The lowest BCUT2D eigenvalue weighted by Crippen LogP contribution is -2.56. The fourth-order valence-electron chi connectivity index (χ4n) is 2.52. The van der Waals surface area contributed by atoms with Gasteiger partial charge in [0.05, 0.1) is 12.2 Å². The van der Waals surface area contributed by atoms with E-state index in [2.05, 4.69) is 0 Å². The van der Waals surface area contributed by atoms with Gasteiger partial charge in [0.15, 0.2) is 12.1 Å². The summed E-state index contributed by atoms with van der Waals surface area (Å²) in [5, 5.41) is 19.1. The molecular formula is C11H20O5. The van der Waals surface area contributed by atoms with Crippen molar-refractivity contribution in [1.82, 2.24) is 0 Å². The number of methoxy groups -OCH3 is 1. The molecular weight excluding hydrogens is 212 g/mol. The van der Waals surface area contributed by atoms with Crippen molar-refractivity contribution in [3.63, 3.8) is 0 Å². The third kappa shape index (κ3) is 2.24. The van der Waals surface area contributed by atoms with Crippen LogP contribution in [0.5, 0.6) is 0 Å². The maximum absolute atomic E-state index is 9.67. The second-order valence-electron chi connectivity index (χ2n) is 5.20. The minimum absolute atomic E-state index is 0.221. The highest BCUT2D eigenvalue weighted by atomic mass is 16.7. The number of aliphatic hydroxyl groups is 2. The lowest BCUT2D eigenvalue weighted by molar-refractivity contribution is -0.268. The minimum Gasteiger partial charge on any atom is -0.393 e. The molecule has 1 aliphatic heterocycles. The molecule has 0 aromatic rings. The number of rotatable bonds is 3. The molecule has 2 aliphatic rings. The summed E-state index contributed by atoms with van der Waals surface area (Å²) in [5.41, 5.74) is -0.472. The summed E-state index contributed by atoms with van der Waals surface area (Å²) >= 11 is 0. The van der Waals surface area contributed by atoms with Gasteiger partial charge in [-0.05, 0) is 13.8 Å². The monoisotopic (exact) mass is 232 g/mol. The summed E-state index contributed by atoms with van der Waals surface area (Å²) in [6.07, 6.45) is 0.832. The molecule has 1 spiro atoms. The van der Waals surface area contributed by atoms with Gasteiger partial charge in [-0.1, -0.05) is 0 Å². The third-order valence-electron chi connectivity index (χ3n) is 3.22. The van der Waals surface area contributed by atoms with Crippen LogP contribution >= 0.6 is 0 Å². The Balaban J connectivity index is 2.04. The van der Waals surface area contributed by atoms with Crippen molar-refractivity contribution in [2.45, 2.75) is 63.0 Å². The second kappa shape index (κ2) is 3.92. The van der Waals surface area contributed by atoms with E-state index in [1.807, 2.05) is 0 Å². The van der Waals surface area contributed by atoms with E-state index in [-0.39, 0.29) is 18.5 Å². The molecule has 2 atom stereocenters. The molecule has 1 saturated heterocycles. The maximum Gasteiger partial charge on any atom is 0.160 e. The summed E-state index contributed by atoms with van der Waals surface area (Å²) in [6.45, 7) is 3.19. The Labute approximate surface area is 95.3 Å². The number of ether oxygens (including phenoxy) is 3. The van der Waals surface area contributed by atoms with Gasteiger partial charge in [-0.3, -0.25) is 0 Å². The summed E-state index contributed by atoms with van der Waals surface area (Å²) in [7, 11) is 1.58. The normalized spacial score (nSPS) is 43.7. The zero-order valence-electron chi connectivity index (χ0n) is 9.97. The molecule has 2 fully saturated rings. The van der Waals surface area contributed by atoms with Crippen LogP contribution in [0.1, 0.15) is 33.1 Å². The van der Waals surface area contributed by atoms with Crippen LogP contribution in [0, 0.1) is 0 Å². The zero-order chi connectivity index (χ0) is 12.0. The fourth-order valence-corrected chi connectivity index (χ4v) is 2.52. The molecule has 0 aromatic heterocycles. The van der Waals surface area contributed by atoms with Crippen LogP contribution in [0.4, 0.5) is 0 Å². The molecule has 1 aliphatic carbocycles. The van der Waals surface area contributed by atoms with E-state index in [4.69, 9.17) is 14.2 Å². The molecule has 0 aromatic carbocycles. The fraction of sp³-hybridized carbons (Fsp3) is 1.00. The van der Waals surface area contributed by atoms with Gasteiger partial charge < -0.3 is 24.4 Å². The van der Waals surface area contributed by atoms with Gasteiger partial charge in [0.25, 0.3) is 0 Å². The summed E-state index contributed by atoms with van der Waals surface area (Å²) in [6, 6.07) is 0. The molecule has 5 nitrogen and oxygen atoms in total. The van der Waals surface area contributed by atoms with Gasteiger partial charge in [-0.15, -0.1) is 0 Å². The van der Waals surface area contributed by atoms with Crippen LogP contribution in [0.25, 0.3) is 0 Å². The van der Waals surface area contributed by atoms with E-state index in [0.29, 0.717) is 19.3 Å². The van der Waals surface area contributed by atoms with Crippen molar-refractivity contribution >= 4 is 0 Å². The van der Waals surface area contributed by atoms with Gasteiger partial charge in [0.1, 0.15) is 5.60 Å². The van der Waals surface area contributed by atoms with Crippen molar-refractivity contribution in [3.8, 4) is 0 Å². The second-order valence-corrected chi connectivity index (χ2v) is 5.20. The molecule has 2 rings (SSSR count). The van der Waals surface area contributed by atoms with Crippen molar-refractivity contribution in [3.05, 3.63) is 0 Å². The zero-order valence-corrected chi connectivity index (χ0v) is 9.97. The maximum atomic E-state index is 9.67. The lowest BCUT2D eigenvalue weighted by atomic mass is 9.74. The summed E-state index contributed by atoms with van der Waals surface area (Å²) in [5.74, 6) is -1.19. The van der Waals surface area contributed by atoms with Gasteiger partial charge in [0.2, 0.25) is 0 Å². The van der Waals surface area contributed by atoms with E-state index in [9.17, 15) is 10.2 Å². The third-order valence-corrected chi connectivity index (χ3v) is 3.22. The van der Waals surface area contributed by atoms with E-state index in [0.717, 1.165) is 0 Å². The Kier molecular flexibility index (Phi) is 3.01. The highest BCUT2D eigenvalue weighted by molar-refractivity contribution is 5.06. The van der Waals surface area contributed by atoms with Crippen molar-refractivity contribution in [1.29, 1.82) is 0 Å². The average molecular weight is 232 g/mol. The standard InChI is InChI=1S/C11H20O5/c1-10(2,13)15-8-4-9(14-3)16-11(8)5-7(12)6-11/h7-9,12-13H,4-6H2,1-3H3/t7-,8-,9+,11+/m0/s1. The van der Waals surface area contributed by atoms with Crippen LogP contribution in [0.2, 0.25) is 0 Å². The van der Waals surface area contributed by atoms with Crippen LogP contribution in [0.15, 0.2) is 0 Å². The first-order chi connectivity index (χ1) is 7.35. The first-order valence-corrected chi connectivity index (χ1v) is 5.63. The Hall–Kier alpha value is -0.200. The molecule has 1 heterocycles. The Morgan fingerprint density at radius 1 is 1.38 bits per heavy atom. The van der Waals surface area contributed by atoms with E-state index >= 15 is 0 Å². The quantitative estimate of drug-likeness (QED) is 0.689. The Bertz CT molecular complexity index is 254. The van der Waals surface area contributed by atoms with Crippen molar-refractivity contribution in [2.24, 2.45) is 0 Å². The van der Waals surface area contributed by atoms with Crippen LogP contribution < -0.4 is 0 Å². The highest BCUT2D eigenvalue weighted by Crippen LogP contribution is 2.48. The number of aliphatic hydroxyl groups excluding tert-OH is 1. The van der Waals surface area contributed by atoms with Crippen LogP contribution in [-0.2, 0) is 14.2 Å². The largest absolute Gasteiger partial charge is 0.393 e. The van der Waals surface area contributed by atoms with Gasteiger partial charge >= 0.3 is 0 Å². The SMILES string of the molecule is CO[C@H]1C[C@H](OC(C)(C)O)[C@]2(C[C@H](O)C2)O1. The van der Waals surface area contributed by atoms with Crippen LogP contribution in [-0.4, -0.2) is 47.2 Å². The van der Waals surface area contributed by atoms with Crippen LogP contribution in [0.3, 0.4) is 0 Å². The smallest absolute Gasteiger partial charge is 0.160 e. The van der Waals surface area contributed by atoms with Crippen molar-refractivity contribution in [2.75, 3.05) is 7.11 Å². The molecule has 0 radical (unpaired) electrons. The predicted molar refractivity (Wildman–Crippen MR) is 55.6 cm³/mol. The lowest BCUT2D eigenvalue weighted by Gasteiger charge is -2.46. The molecule has 16 heavy (non-hydrogen) atoms. The van der Waals surface area contributed by atoms with E-state index in [1.54, 1.807) is 21.0 Å². The number of hydrogen-bond acceptors (Lipinski definition) is 5. The van der Waals surface area contributed by atoms with Gasteiger partial charge in [0, 0.05) is 26.4 Å². The molecule has 2 N–H and O–H groups in total. The molecule has 5 heteroatoms. The summed E-state index contributed by atoms with van der Waals surface area (Å²) < 4.78 is 16.5. The topological polar surface area (TPSA) is 68.2 Å². The van der Waals surface area contributed by atoms with E-state index < -0.39 is 11.4 Å². The Morgan fingerprint density at radius 3 is 2.44 bits per heavy atom. The predicted octanol–water partition coefficient (Wildman–Crippen LogP) is 0.386. The summed E-state index contributed by atoms with van der Waals surface area (Å²) in [4.78, 5) is 0. The van der Waals surface area contributed by atoms with Crippen molar-refractivity contribution < 1.29 is 24.4 Å². The van der Waals surface area contributed by atoms with Gasteiger partial charge in [-0.25, -0.2) is 0 Å². The molecule has 1 saturated carbocycles. The first kappa shape index (κ1) is 12.3. The number of hydrogen-bond donors (Lipinski definition) is 2. The molecule has 0 unspecified atom stereocenters. The van der Waals surface area contributed by atoms with Gasteiger partial charge in [-0.2, -0.15) is 0 Å². The molecule has 0 bridgehead atoms. The minimum atomic E-state index is -1.19. The first-order valence-electron chi connectivity index (χ1n) is 5.63.